The highest BCUT2D eigenvalue weighted by Crippen LogP contribution is 2.20. The largest absolute Gasteiger partial charge is 0.335 e. The highest BCUT2D eigenvalue weighted by atomic mass is 16.7. The second-order valence-corrected chi connectivity index (χ2v) is 4.62. The van der Waals surface area contributed by atoms with Gasteiger partial charge >= 0.3 is 0 Å². The highest BCUT2D eigenvalue weighted by molar-refractivity contribution is 6.64. The van der Waals surface area contributed by atoms with Gasteiger partial charge in [0.05, 0.1) is 13.3 Å². The molecule has 1 heterocycles. The second-order valence-electron chi connectivity index (χ2n) is 4.62. The lowest BCUT2D eigenvalue weighted by molar-refractivity contribution is -0.0757. The summed E-state index contributed by atoms with van der Waals surface area (Å²) in [6, 6.07) is 5.69. The van der Waals surface area contributed by atoms with E-state index < -0.39 is 0 Å². The molecular weight excluding hydrogens is 243 g/mol. The molecule has 0 aromatic heterocycles. The van der Waals surface area contributed by atoms with Gasteiger partial charge in [-0.05, 0) is 36.2 Å². The van der Waals surface area contributed by atoms with E-state index in [1.165, 1.54) is 23.3 Å². The Kier molecular flexibility index (Phi) is 4.34. The van der Waals surface area contributed by atoms with Crippen molar-refractivity contribution < 1.29 is 14.4 Å². The van der Waals surface area contributed by atoms with Crippen molar-refractivity contribution >= 4 is 19.5 Å². The minimum Gasteiger partial charge on any atom is -0.335 e. The number of hydrogen-bond donors (Lipinski definition) is 0. The molecule has 5 nitrogen and oxygen atoms in total. The molecule has 1 aliphatic rings. The third-order valence-corrected chi connectivity index (χ3v) is 3.44. The molecule has 0 fully saturated rings. The summed E-state index contributed by atoms with van der Waals surface area (Å²) in [5.74, 6) is -0.152. The minimum atomic E-state index is -0.152. The van der Waals surface area contributed by atoms with Crippen molar-refractivity contribution in [3.63, 3.8) is 0 Å². The first kappa shape index (κ1) is 13.8. The third-order valence-electron chi connectivity index (χ3n) is 3.44. The van der Waals surface area contributed by atoms with E-state index in [4.69, 9.17) is 4.84 Å². The van der Waals surface area contributed by atoms with Gasteiger partial charge in [0, 0.05) is 19.2 Å². The van der Waals surface area contributed by atoms with Crippen LogP contribution in [0, 0.1) is 0 Å². The van der Waals surface area contributed by atoms with E-state index in [2.05, 4.69) is 4.81 Å². The number of amides is 1. The van der Waals surface area contributed by atoms with Crippen LogP contribution in [0.25, 0.3) is 0 Å². The molecule has 0 unspecified atom stereocenters. The Morgan fingerprint density at radius 1 is 1.47 bits per heavy atom. The molecule has 0 spiro atoms. The molecule has 1 aromatic rings. The average Bonchev–Trinajstić information content (AvgIpc) is 2.45. The van der Waals surface area contributed by atoms with Crippen molar-refractivity contribution in [2.75, 3.05) is 20.7 Å². The maximum atomic E-state index is 12.0. The molecule has 0 radical (unpaired) electrons. The van der Waals surface area contributed by atoms with Crippen LogP contribution >= 0.6 is 0 Å². The zero-order valence-electron chi connectivity index (χ0n) is 11.3. The smallest absolute Gasteiger partial charge is 0.281 e. The lowest BCUT2D eigenvalue weighted by atomic mass is 9.88. The summed E-state index contributed by atoms with van der Waals surface area (Å²) >= 11 is 0. The summed E-state index contributed by atoms with van der Waals surface area (Å²) in [4.78, 5) is 29.5. The summed E-state index contributed by atoms with van der Waals surface area (Å²) in [5, 5.41) is 1.21. The predicted octanol–water partition coefficient (Wildman–Crippen LogP) is 0.220. The van der Waals surface area contributed by atoms with Crippen molar-refractivity contribution in [3.8, 4) is 0 Å². The van der Waals surface area contributed by atoms with E-state index in [-0.39, 0.29) is 5.91 Å². The first-order valence-corrected chi connectivity index (χ1v) is 6.25. The maximum Gasteiger partial charge on any atom is 0.281 e. The number of nitrogens with zero attached hydrogens (tertiary/aromatic N) is 2. The second kappa shape index (κ2) is 5.99. The topological polar surface area (TPSA) is 49.9 Å². The molecule has 1 aliphatic heterocycles. The Hall–Kier alpha value is -1.66. The van der Waals surface area contributed by atoms with Crippen LogP contribution < -0.4 is 0 Å². The summed E-state index contributed by atoms with van der Waals surface area (Å²) in [6.45, 7) is 1.62. The fraction of sp³-hybridized carbons (Fsp3) is 0.385. The number of hydroxylamine groups is 2. The first-order valence-electron chi connectivity index (χ1n) is 6.25. The number of fused-ring (bicyclic) bond motifs is 1. The van der Waals surface area contributed by atoms with E-state index in [9.17, 15) is 9.59 Å². The first-order chi connectivity index (χ1) is 9.15. The number of carbonyl (C=O) groups is 2. The Morgan fingerprint density at radius 2 is 2.26 bits per heavy atom. The molecule has 6 heteroatoms. The average molecular weight is 260 g/mol. The molecule has 19 heavy (non-hydrogen) atoms. The number of rotatable bonds is 4. The molecule has 1 aromatic carbocycles. The third kappa shape index (κ3) is 3.02. The van der Waals surface area contributed by atoms with Gasteiger partial charge < -0.3 is 9.61 Å². The van der Waals surface area contributed by atoms with Gasteiger partial charge in [-0.2, -0.15) is 0 Å². The fourth-order valence-corrected chi connectivity index (χ4v) is 2.27. The van der Waals surface area contributed by atoms with Gasteiger partial charge in [-0.3, -0.25) is 9.63 Å². The van der Waals surface area contributed by atoms with Crippen molar-refractivity contribution in [3.05, 3.63) is 34.9 Å². The molecule has 0 saturated heterocycles. The molecule has 0 saturated carbocycles. The van der Waals surface area contributed by atoms with Gasteiger partial charge in [-0.25, -0.2) is 5.06 Å². The molecule has 1 amide bonds. The molecule has 0 bridgehead atoms. The molecule has 0 atom stereocenters. The van der Waals surface area contributed by atoms with Crippen molar-refractivity contribution in [2.45, 2.75) is 13.0 Å². The Balaban J connectivity index is 2.17. The summed E-state index contributed by atoms with van der Waals surface area (Å²) in [7, 11) is 3.52. The van der Waals surface area contributed by atoms with Crippen LogP contribution in [0.3, 0.4) is 0 Å². The highest BCUT2D eigenvalue weighted by Gasteiger charge is 2.19. The van der Waals surface area contributed by atoms with Crippen LogP contribution in [0.4, 0.5) is 0 Å². The maximum absolute atomic E-state index is 12.0. The van der Waals surface area contributed by atoms with Gasteiger partial charge in [-0.1, -0.05) is 6.07 Å². The quantitative estimate of drug-likeness (QED) is 0.441. The zero-order valence-corrected chi connectivity index (χ0v) is 11.3. The molecule has 2 rings (SSSR count). The molecule has 100 valence electrons. The zero-order chi connectivity index (χ0) is 13.8. The Bertz CT molecular complexity index is 493. The predicted molar refractivity (Wildman–Crippen MR) is 73.6 cm³/mol. The van der Waals surface area contributed by atoms with E-state index in [1.807, 2.05) is 12.1 Å². The van der Waals surface area contributed by atoms with Gasteiger partial charge in [0.1, 0.15) is 0 Å². The van der Waals surface area contributed by atoms with E-state index >= 15 is 0 Å². The Morgan fingerprint density at radius 3 is 2.95 bits per heavy atom. The summed E-state index contributed by atoms with van der Waals surface area (Å²) in [6.07, 6.45) is 1.79. The van der Waals surface area contributed by atoms with Crippen molar-refractivity contribution in [1.29, 1.82) is 0 Å². The fourth-order valence-electron chi connectivity index (χ4n) is 2.27. The van der Waals surface area contributed by atoms with Crippen molar-refractivity contribution in [1.82, 2.24) is 9.87 Å². The normalized spacial score (nSPS) is 14.6. The lowest BCUT2D eigenvalue weighted by Gasteiger charge is -2.27. The summed E-state index contributed by atoms with van der Waals surface area (Å²) in [5.41, 5.74) is 2.99. The SMILES string of the molecule is CON(C)C(=O)c1ccc2c(c1)CCN(BC=O)C2. The monoisotopic (exact) mass is 260 g/mol. The van der Waals surface area contributed by atoms with Gasteiger partial charge in [-0.15, -0.1) is 0 Å². The van der Waals surface area contributed by atoms with Crippen molar-refractivity contribution in [2.24, 2.45) is 0 Å². The van der Waals surface area contributed by atoms with Gasteiger partial charge in [0.2, 0.25) is 0 Å². The minimum absolute atomic E-state index is 0.152. The van der Waals surface area contributed by atoms with E-state index in [0.717, 1.165) is 25.7 Å². The molecule has 0 N–H and O–H groups in total. The van der Waals surface area contributed by atoms with Crippen LogP contribution in [0.15, 0.2) is 18.2 Å². The molecule has 0 aliphatic carbocycles. The van der Waals surface area contributed by atoms with Crippen LogP contribution in [0.1, 0.15) is 21.5 Å². The molecular formula is C13H17BN2O3. The van der Waals surface area contributed by atoms with E-state index in [1.54, 1.807) is 13.1 Å². The van der Waals surface area contributed by atoms with Gasteiger partial charge in [0.15, 0.2) is 0 Å². The number of benzene rings is 1. The van der Waals surface area contributed by atoms with Crippen LogP contribution in [-0.4, -0.2) is 50.1 Å². The van der Waals surface area contributed by atoms with E-state index in [0.29, 0.717) is 13.0 Å². The standard InChI is InChI=1S/C13H17BN2O3/c1-15(19-2)13(18)11-3-4-12-8-16(14-9-17)6-5-10(12)7-11/h3-4,7,9,14H,5-6,8H2,1-2H3. The number of carbonyl (C=O) groups excluding carboxylic acids is 2. The summed E-state index contributed by atoms with van der Waals surface area (Å²) < 4.78 is 0. The van der Waals surface area contributed by atoms with Crippen LogP contribution in [0.5, 0.6) is 0 Å². The van der Waals surface area contributed by atoms with Crippen LogP contribution in [-0.2, 0) is 22.6 Å². The van der Waals surface area contributed by atoms with Gasteiger partial charge in [0.25, 0.3) is 13.3 Å². The Labute approximate surface area is 113 Å². The van der Waals surface area contributed by atoms with Crippen LogP contribution in [0.2, 0.25) is 0 Å². The lowest BCUT2D eigenvalue weighted by Crippen LogP contribution is -2.34. The number of hydrogen-bond acceptors (Lipinski definition) is 4.